The lowest BCUT2D eigenvalue weighted by molar-refractivity contribution is 0.171. The molecule has 0 unspecified atom stereocenters. The van der Waals surface area contributed by atoms with Gasteiger partial charge in [-0.2, -0.15) is 0 Å². The molecule has 1 N–H and O–H groups in total. The van der Waals surface area contributed by atoms with Crippen LogP contribution in [-0.2, 0) is 13.1 Å². The predicted octanol–water partition coefficient (Wildman–Crippen LogP) is 3.36. The molecule has 2 aromatic rings. The number of aryl methyl sites for hydroxylation is 2. The highest BCUT2D eigenvalue weighted by molar-refractivity contribution is 5.43. The smallest absolute Gasteiger partial charge is 0.161 e. The number of hydrogen-bond acceptors (Lipinski definition) is 3. The zero-order valence-electron chi connectivity index (χ0n) is 12.6. The van der Waals surface area contributed by atoms with Crippen molar-refractivity contribution in [1.82, 2.24) is 5.32 Å². The summed E-state index contributed by atoms with van der Waals surface area (Å²) in [4.78, 5) is 0. The van der Waals surface area contributed by atoms with E-state index in [1.807, 2.05) is 6.07 Å². The van der Waals surface area contributed by atoms with Gasteiger partial charge in [-0.1, -0.05) is 29.8 Å². The molecule has 0 saturated heterocycles. The molecule has 21 heavy (non-hydrogen) atoms. The summed E-state index contributed by atoms with van der Waals surface area (Å²) < 4.78 is 11.1. The molecule has 2 aromatic carbocycles. The summed E-state index contributed by atoms with van der Waals surface area (Å²) in [7, 11) is 0. The molecule has 0 aliphatic carbocycles. The number of hydrogen-bond donors (Lipinski definition) is 1. The standard InChI is InChI=1S/C18H21NO2/c1-13-3-4-14(2)16(9-13)12-19-11-15-5-6-17-18(10-15)21-8-7-20-17/h3-6,9-10,19H,7-8,11-12H2,1-2H3. The van der Waals surface area contributed by atoms with Gasteiger partial charge in [-0.05, 0) is 42.7 Å². The summed E-state index contributed by atoms with van der Waals surface area (Å²) in [5.74, 6) is 1.70. The van der Waals surface area contributed by atoms with Gasteiger partial charge in [0.15, 0.2) is 11.5 Å². The molecular weight excluding hydrogens is 262 g/mol. The summed E-state index contributed by atoms with van der Waals surface area (Å²) in [5, 5.41) is 3.50. The molecule has 0 radical (unpaired) electrons. The van der Waals surface area contributed by atoms with Crippen LogP contribution in [0.15, 0.2) is 36.4 Å². The molecule has 3 rings (SSSR count). The van der Waals surface area contributed by atoms with Crippen LogP contribution in [-0.4, -0.2) is 13.2 Å². The lowest BCUT2D eigenvalue weighted by atomic mass is 10.1. The Balaban J connectivity index is 1.61. The van der Waals surface area contributed by atoms with E-state index in [0.717, 1.165) is 24.6 Å². The highest BCUT2D eigenvalue weighted by Gasteiger charge is 2.11. The minimum atomic E-state index is 0.631. The third-order valence-electron chi connectivity index (χ3n) is 3.76. The molecule has 0 amide bonds. The Morgan fingerprint density at radius 1 is 0.905 bits per heavy atom. The van der Waals surface area contributed by atoms with E-state index in [1.165, 1.54) is 22.3 Å². The second kappa shape index (κ2) is 6.19. The molecular formula is C18H21NO2. The first-order chi connectivity index (χ1) is 10.2. The molecule has 1 aliphatic rings. The van der Waals surface area contributed by atoms with Gasteiger partial charge in [0, 0.05) is 13.1 Å². The first-order valence-electron chi connectivity index (χ1n) is 7.38. The van der Waals surface area contributed by atoms with Crippen LogP contribution in [0.25, 0.3) is 0 Å². The van der Waals surface area contributed by atoms with Crippen LogP contribution in [0.5, 0.6) is 11.5 Å². The van der Waals surface area contributed by atoms with Crippen LogP contribution in [0, 0.1) is 13.8 Å². The molecule has 3 heteroatoms. The number of ether oxygens (including phenoxy) is 2. The van der Waals surface area contributed by atoms with Gasteiger partial charge in [-0.25, -0.2) is 0 Å². The maximum atomic E-state index is 5.61. The van der Waals surface area contributed by atoms with Crippen molar-refractivity contribution in [1.29, 1.82) is 0 Å². The fourth-order valence-electron chi connectivity index (χ4n) is 2.53. The zero-order chi connectivity index (χ0) is 14.7. The molecule has 1 aliphatic heterocycles. The first kappa shape index (κ1) is 14.0. The van der Waals surface area contributed by atoms with Crippen molar-refractivity contribution < 1.29 is 9.47 Å². The predicted molar refractivity (Wildman–Crippen MR) is 83.9 cm³/mol. The second-order valence-electron chi connectivity index (χ2n) is 5.51. The second-order valence-corrected chi connectivity index (χ2v) is 5.51. The SMILES string of the molecule is Cc1ccc(C)c(CNCc2ccc3c(c2)OCCO3)c1. The van der Waals surface area contributed by atoms with E-state index < -0.39 is 0 Å². The highest BCUT2D eigenvalue weighted by atomic mass is 16.6. The van der Waals surface area contributed by atoms with Crippen LogP contribution < -0.4 is 14.8 Å². The van der Waals surface area contributed by atoms with Crippen LogP contribution in [0.1, 0.15) is 22.3 Å². The van der Waals surface area contributed by atoms with E-state index in [9.17, 15) is 0 Å². The lowest BCUT2D eigenvalue weighted by Gasteiger charge is -2.19. The molecule has 3 nitrogen and oxygen atoms in total. The molecule has 0 saturated carbocycles. The van der Waals surface area contributed by atoms with Gasteiger partial charge in [-0.3, -0.25) is 0 Å². The largest absolute Gasteiger partial charge is 0.486 e. The third-order valence-corrected chi connectivity index (χ3v) is 3.76. The van der Waals surface area contributed by atoms with E-state index in [1.54, 1.807) is 0 Å². The van der Waals surface area contributed by atoms with Gasteiger partial charge in [-0.15, -0.1) is 0 Å². The van der Waals surface area contributed by atoms with E-state index in [2.05, 4.69) is 49.5 Å². The van der Waals surface area contributed by atoms with Crippen molar-refractivity contribution >= 4 is 0 Å². The number of rotatable bonds is 4. The van der Waals surface area contributed by atoms with Crippen LogP contribution in [0.2, 0.25) is 0 Å². The number of fused-ring (bicyclic) bond motifs is 1. The Morgan fingerprint density at radius 2 is 1.71 bits per heavy atom. The normalized spacial score (nSPS) is 13.2. The van der Waals surface area contributed by atoms with Gasteiger partial charge in [0.05, 0.1) is 0 Å². The summed E-state index contributed by atoms with van der Waals surface area (Å²) >= 11 is 0. The van der Waals surface area contributed by atoms with Gasteiger partial charge in [0.1, 0.15) is 13.2 Å². The molecule has 1 heterocycles. The van der Waals surface area contributed by atoms with Gasteiger partial charge < -0.3 is 14.8 Å². The third kappa shape index (κ3) is 3.37. The zero-order valence-corrected chi connectivity index (χ0v) is 12.6. The van der Waals surface area contributed by atoms with Crippen LogP contribution in [0.4, 0.5) is 0 Å². The van der Waals surface area contributed by atoms with Gasteiger partial charge >= 0.3 is 0 Å². The minimum absolute atomic E-state index is 0.631. The summed E-state index contributed by atoms with van der Waals surface area (Å²) in [5.41, 5.74) is 5.20. The summed E-state index contributed by atoms with van der Waals surface area (Å²) in [6, 6.07) is 12.7. The molecule has 0 aromatic heterocycles. The molecule has 0 fully saturated rings. The molecule has 110 valence electrons. The van der Waals surface area contributed by atoms with E-state index in [4.69, 9.17) is 9.47 Å². The average molecular weight is 283 g/mol. The van der Waals surface area contributed by atoms with Crippen molar-refractivity contribution in [2.24, 2.45) is 0 Å². The fourth-order valence-corrected chi connectivity index (χ4v) is 2.53. The fraction of sp³-hybridized carbons (Fsp3) is 0.333. The maximum absolute atomic E-state index is 5.61. The Morgan fingerprint density at radius 3 is 2.57 bits per heavy atom. The Kier molecular flexibility index (Phi) is 4.11. The van der Waals surface area contributed by atoms with E-state index in [0.29, 0.717) is 13.2 Å². The van der Waals surface area contributed by atoms with E-state index >= 15 is 0 Å². The van der Waals surface area contributed by atoms with Gasteiger partial charge in [0.2, 0.25) is 0 Å². The average Bonchev–Trinajstić information content (AvgIpc) is 2.50. The highest BCUT2D eigenvalue weighted by Crippen LogP contribution is 2.30. The van der Waals surface area contributed by atoms with Crippen molar-refractivity contribution in [3.05, 3.63) is 58.7 Å². The molecule has 0 bridgehead atoms. The number of benzene rings is 2. The van der Waals surface area contributed by atoms with E-state index in [-0.39, 0.29) is 0 Å². The van der Waals surface area contributed by atoms with Crippen molar-refractivity contribution in [2.75, 3.05) is 13.2 Å². The maximum Gasteiger partial charge on any atom is 0.161 e. The van der Waals surface area contributed by atoms with Crippen molar-refractivity contribution in [3.63, 3.8) is 0 Å². The van der Waals surface area contributed by atoms with Gasteiger partial charge in [0.25, 0.3) is 0 Å². The first-order valence-corrected chi connectivity index (χ1v) is 7.38. The quantitative estimate of drug-likeness (QED) is 0.933. The Hall–Kier alpha value is -2.00. The minimum Gasteiger partial charge on any atom is -0.486 e. The topological polar surface area (TPSA) is 30.5 Å². The number of nitrogens with one attached hydrogen (secondary N) is 1. The monoisotopic (exact) mass is 283 g/mol. The molecule has 0 atom stereocenters. The Bertz CT molecular complexity index is 637. The van der Waals surface area contributed by atoms with Crippen LogP contribution >= 0.6 is 0 Å². The molecule has 0 spiro atoms. The van der Waals surface area contributed by atoms with Crippen molar-refractivity contribution in [2.45, 2.75) is 26.9 Å². The summed E-state index contributed by atoms with van der Waals surface area (Å²) in [6.07, 6.45) is 0. The van der Waals surface area contributed by atoms with Crippen LogP contribution in [0.3, 0.4) is 0 Å². The summed E-state index contributed by atoms with van der Waals surface area (Å²) in [6.45, 7) is 7.25. The van der Waals surface area contributed by atoms with Crippen molar-refractivity contribution in [3.8, 4) is 11.5 Å². The lowest BCUT2D eigenvalue weighted by Crippen LogP contribution is -2.17. The Labute approximate surface area is 125 Å².